The minimum Gasteiger partial charge on any atom is -0.311 e. The fraction of sp³-hybridized carbons (Fsp3) is 0.161. The van der Waals surface area contributed by atoms with Gasteiger partial charge in [-0.1, -0.05) is 268 Å². The Morgan fingerprint density at radius 2 is 0.622 bits per heavy atom. The third-order valence-electron chi connectivity index (χ3n) is 19.1. The number of aromatic nitrogens is 2. The highest BCUT2D eigenvalue weighted by Crippen LogP contribution is 2.53. The molecule has 17 rings (SSSR count). The molecule has 4 heterocycles. The van der Waals surface area contributed by atoms with Crippen LogP contribution in [0.1, 0.15) is 101 Å². The van der Waals surface area contributed by atoms with Crippen molar-refractivity contribution in [2.75, 3.05) is 9.80 Å². The highest BCUT2D eigenvalue weighted by atomic mass is 15.2. The van der Waals surface area contributed by atoms with Crippen LogP contribution in [0.3, 0.4) is 0 Å². The first kappa shape index (κ1) is 45.5. The van der Waals surface area contributed by atoms with Gasteiger partial charge in [0.1, 0.15) is 0 Å². The maximum Gasteiger partial charge on any atom is 0.252 e. The summed E-state index contributed by atoms with van der Waals surface area (Å²) in [7, 11) is 0. The van der Waals surface area contributed by atoms with Crippen LogP contribution in [-0.4, -0.2) is 15.8 Å². The first-order valence-corrected chi connectivity index (χ1v) is 33.8. The molecule has 0 aliphatic carbocycles. The Bertz CT molecular complexity index is 6060. The van der Waals surface area contributed by atoms with Crippen molar-refractivity contribution in [3.05, 3.63) is 307 Å². The van der Waals surface area contributed by atoms with Crippen molar-refractivity contribution < 1.29 is 21.9 Å². The van der Waals surface area contributed by atoms with Gasteiger partial charge in [-0.3, -0.25) is 0 Å². The fourth-order valence-electron chi connectivity index (χ4n) is 15.4. The molecule has 476 valence electrons. The Labute approximate surface area is 600 Å². The van der Waals surface area contributed by atoms with Crippen LogP contribution in [-0.2, 0) is 19.3 Å². The molecule has 0 bridgehead atoms. The average molecular weight is 1280 g/mol. The number of hydrogen-bond donors (Lipinski definition) is 0. The predicted molar refractivity (Wildman–Crippen MR) is 420 cm³/mol. The van der Waals surface area contributed by atoms with Crippen molar-refractivity contribution >= 4 is 101 Å². The summed E-state index contributed by atoms with van der Waals surface area (Å²) >= 11 is 0. The zero-order chi connectivity index (χ0) is 80.7. The largest absolute Gasteiger partial charge is 0.311 e. The predicted octanol–water partition coefficient (Wildman–Crippen LogP) is 23.4. The molecule has 5 heteroatoms. The molecule has 98 heavy (non-hydrogen) atoms. The molecule has 2 aliphatic heterocycles. The second-order valence-electron chi connectivity index (χ2n) is 29.9. The van der Waals surface area contributed by atoms with E-state index in [-0.39, 0.29) is 59.9 Å². The molecule has 0 spiro atoms. The summed E-state index contributed by atoms with van der Waals surface area (Å²) in [6.07, 6.45) is 1.94. The Hall–Kier alpha value is -10.9. The number of para-hydroxylation sites is 4. The van der Waals surface area contributed by atoms with Crippen LogP contribution in [0, 0.1) is 16.2 Å². The van der Waals surface area contributed by atoms with E-state index in [1.807, 2.05) is 109 Å². The minimum atomic E-state index is -0.720. The van der Waals surface area contributed by atoms with Crippen LogP contribution < -0.4 is 26.2 Å². The zero-order valence-electron chi connectivity index (χ0n) is 72.5. The third kappa shape index (κ3) is 10.6. The summed E-state index contributed by atoms with van der Waals surface area (Å²) in [5, 5.41) is -0.237. The Kier molecular flexibility index (Phi) is 10.9. The normalized spacial score (nSPS) is 15.3. The smallest absolute Gasteiger partial charge is 0.252 e. The van der Waals surface area contributed by atoms with Gasteiger partial charge in [0.2, 0.25) is 0 Å². The molecule has 0 fully saturated rings. The molecule has 0 amide bonds. The lowest BCUT2D eigenvalue weighted by Crippen LogP contribution is -2.61. The maximum atomic E-state index is 9.83. The fourth-order valence-corrected chi connectivity index (χ4v) is 15.4. The summed E-state index contributed by atoms with van der Waals surface area (Å²) in [5.41, 5.74) is 17.4. The number of nitrogens with zero attached hydrogens (tertiary/aromatic N) is 4. The number of anilines is 6. The van der Waals surface area contributed by atoms with E-state index in [1.165, 1.54) is 0 Å². The van der Waals surface area contributed by atoms with Crippen molar-refractivity contribution in [2.45, 2.75) is 81.6 Å². The third-order valence-corrected chi connectivity index (χ3v) is 19.1. The van der Waals surface area contributed by atoms with Crippen molar-refractivity contribution in [1.29, 1.82) is 0 Å². The molecule has 0 saturated heterocycles. The van der Waals surface area contributed by atoms with Crippen molar-refractivity contribution in [3.63, 3.8) is 0 Å². The molecule has 0 unspecified atom stereocenters. The van der Waals surface area contributed by atoms with Crippen LogP contribution in [0.5, 0.6) is 0 Å². The molecule has 0 N–H and O–H groups in total. The summed E-state index contributed by atoms with van der Waals surface area (Å²) in [4.78, 5) is 4.68. The van der Waals surface area contributed by atoms with Crippen LogP contribution in [0.2, 0.25) is 0 Å². The Morgan fingerprint density at radius 1 is 0.306 bits per heavy atom. The average Bonchev–Trinajstić information content (AvgIpc) is 1.18. The van der Waals surface area contributed by atoms with Gasteiger partial charge in [-0.15, -0.1) is 0 Å². The molecule has 4 nitrogen and oxygen atoms in total. The highest BCUT2D eigenvalue weighted by molar-refractivity contribution is 7.00. The molecule has 0 atom stereocenters. The van der Waals surface area contributed by atoms with E-state index in [1.54, 1.807) is 9.13 Å². The topological polar surface area (TPSA) is 16.3 Å². The number of benzene rings is 13. The maximum absolute atomic E-state index is 9.83. The first-order chi connectivity index (χ1) is 54.1. The van der Waals surface area contributed by atoms with Gasteiger partial charge in [0.15, 0.2) is 0 Å². The molecular weight excluding hydrogens is 1180 g/mol. The Balaban J connectivity index is 1.09. The van der Waals surface area contributed by atoms with E-state index in [9.17, 15) is 16.4 Å². The van der Waals surface area contributed by atoms with E-state index in [0.29, 0.717) is 42.0 Å². The number of fused-ring (bicyclic) bond motifs is 10. The van der Waals surface area contributed by atoms with Crippen LogP contribution in [0.4, 0.5) is 34.1 Å². The van der Waals surface area contributed by atoms with Gasteiger partial charge in [-0.25, -0.2) is 0 Å². The molecule has 2 aromatic heterocycles. The Morgan fingerprint density at radius 3 is 0.949 bits per heavy atom. The molecule has 0 radical (unpaired) electrons. The molecule has 2 aliphatic rings. The second-order valence-corrected chi connectivity index (χ2v) is 29.9. The van der Waals surface area contributed by atoms with E-state index in [2.05, 4.69) is 157 Å². The van der Waals surface area contributed by atoms with Gasteiger partial charge in [0, 0.05) is 66.8 Å². The quantitative estimate of drug-likeness (QED) is 0.120. The van der Waals surface area contributed by atoms with Gasteiger partial charge in [-0.05, 0) is 187 Å². The standard InChI is InChI=1S/C93H81BN4/c1-91(2,3)58-61-50-88-90-89(51-61)98(85-57-75(63-32-16-11-17-33-63)67(60-93(7,8)9)53-77(85)65-36-20-13-21-37-65)87-55-69(96-82-44-28-24-40-72(82)73-41-25-29-45-83(73)96)47-49-79(87)94(90)78-48-46-68(95-80-42-26-22-38-70(80)71-39-23-27-43-81(71)95)54-86(78)97(88)84-56-74(62-30-14-10-15-31-62)66(59-92(4,5)6)52-76(84)64-34-18-12-19-35-64/h10-57H,58-60H2,1-9H3/i22D,23D,24D,25D,26D,27D,28D,29D,38D,39D,40D,41D,42D,43D,44D,45D. The monoisotopic (exact) mass is 1280 g/mol. The lowest BCUT2D eigenvalue weighted by molar-refractivity contribution is 0.411. The summed E-state index contributed by atoms with van der Waals surface area (Å²) in [6, 6.07) is 59.1. The van der Waals surface area contributed by atoms with Gasteiger partial charge in [-0.2, -0.15) is 0 Å². The molecule has 0 saturated carbocycles. The van der Waals surface area contributed by atoms with E-state index in [0.717, 1.165) is 100 Å². The first-order valence-electron chi connectivity index (χ1n) is 41.8. The second kappa shape index (κ2) is 23.5. The number of rotatable bonds is 11. The summed E-state index contributed by atoms with van der Waals surface area (Å²) in [6.45, 7) is 19.4. The minimum absolute atomic E-state index is 0.0353. The van der Waals surface area contributed by atoms with Gasteiger partial charge >= 0.3 is 0 Å². The van der Waals surface area contributed by atoms with Gasteiger partial charge in [0.05, 0.1) is 55.4 Å². The lowest BCUT2D eigenvalue weighted by Gasteiger charge is -2.46. The van der Waals surface area contributed by atoms with Crippen molar-refractivity contribution in [3.8, 4) is 55.9 Å². The lowest BCUT2D eigenvalue weighted by atomic mass is 9.33. The zero-order valence-corrected chi connectivity index (χ0v) is 56.5. The molecule has 15 aromatic rings. The highest BCUT2D eigenvalue weighted by Gasteiger charge is 2.45. The molecule has 13 aromatic carbocycles. The summed E-state index contributed by atoms with van der Waals surface area (Å²) in [5.74, 6) is 0. The SMILES string of the molecule is [2H]c1c([2H])c([2H])c2c(c1[2H])c1c([2H])c([2H])c([2H])c([2H])c1n2-c1ccc2c(c1)N(c1cc(-c3ccccc3)c(CC(C)(C)C)cc1-c1ccccc1)c1cc(CC(C)(C)C)cc3c1B2c1ccc(-n2c4c([2H])c([2H])c([2H])c([2H])c4c4c([2H])c([2H])c([2H])c([2H])c42)cc1N3c1cc(-c2ccccc2)c(CC(C)(C)C)cc1-c1ccccc1. The number of hydrogen-bond acceptors (Lipinski definition) is 2. The van der Waals surface area contributed by atoms with Crippen LogP contribution in [0.25, 0.3) is 99.5 Å². The van der Waals surface area contributed by atoms with E-state index in [4.69, 9.17) is 5.48 Å². The summed E-state index contributed by atoms with van der Waals surface area (Å²) < 4.78 is 154. The van der Waals surface area contributed by atoms with Crippen LogP contribution >= 0.6 is 0 Å². The molecular formula is C93H81BN4. The van der Waals surface area contributed by atoms with E-state index >= 15 is 0 Å². The van der Waals surface area contributed by atoms with Gasteiger partial charge < -0.3 is 18.9 Å². The van der Waals surface area contributed by atoms with Crippen molar-refractivity contribution in [2.24, 2.45) is 16.2 Å². The van der Waals surface area contributed by atoms with Crippen molar-refractivity contribution in [1.82, 2.24) is 9.13 Å². The van der Waals surface area contributed by atoms with E-state index < -0.39 is 103 Å². The van der Waals surface area contributed by atoms with Gasteiger partial charge in [0.25, 0.3) is 6.71 Å². The van der Waals surface area contributed by atoms with Crippen LogP contribution in [0.15, 0.2) is 291 Å².